The number of carbonyl (C=O) groups excluding carboxylic acids is 1. The van der Waals surface area contributed by atoms with Gasteiger partial charge in [-0.2, -0.15) is 0 Å². The molecule has 0 unspecified atom stereocenters. The van der Waals surface area contributed by atoms with Crippen LogP contribution in [0.15, 0.2) is 54.6 Å². The zero-order chi connectivity index (χ0) is 17.4. The number of halogens is 1. The predicted octanol–water partition coefficient (Wildman–Crippen LogP) is 2.62. The summed E-state index contributed by atoms with van der Waals surface area (Å²) in [7, 11) is 0. The van der Waals surface area contributed by atoms with Crippen LogP contribution in [-0.2, 0) is 27.4 Å². The first-order valence-corrected chi connectivity index (χ1v) is 8.51. The second-order valence-electron chi connectivity index (χ2n) is 5.27. The highest BCUT2D eigenvalue weighted by molar-refractivity contribution is 14.1. The molecule has 24 heavy (non-hydrogen) atoms. The minimum atomic E-state index is -1.06. The van der Waals surface area contributed by atoms with E-state index in [4.69, 9.17) is 4.74 Å². The number of carbonyl (C=O) groups is 2. The third-order valence-electron chi connectivity index (χ3n) is 3.31. The van der Waals surface area contributed by atoms with Gasteiger partial charge in [0.1, 0.15) is 12.6 Å². The number of hydrogen-bond acceptors (Lipinski definition) is 3. The topological polar surface area (TPSA) is 75.6 Å². The molecule has 126 valence electrons. The van der Waals surface area contributed by atoms with Crippen molar-refractivity contribution in [3.8, 4) is 0 Å². The van der Waals surface area contributed by atoms with E-state index in [0.717, 1.165) is 14.7 Å². The second-order valence-corrected chi connectivity index (χ2v) is 6.52. The molecule has 2 N–H and O–H groups in total. The van der Waals surface area contributed by atoms with Gasteiger partial charge in [-0.1, -0.05) is 42.5 Å². The van der Waals surface area contributed by atoms with Gasteiger partial charge in [-0.25, -0.2) is 4.79 Å². The highest BCUT2D eigenvalue weighted by atomic mass is 127. The van der Waals surface area contributed by atoms with Gasteiger partial charge in [-0.05, 0) is 45.9 Å². The molecule has 0 spiro atoms. The summed E-state index contributed by atoms with van der Waals surface area (Å²) in [6, 6.07) is 16.0. The van der Waals surface area contributed by atoms with Gasteiger partial charge in [0.05, 0.1) is 6.61 Å². The van der Waals surface area contributed by atoms with Gasteiger partial charge < -0.3 is 15.2 Å². The van der Waals surface area contributed by atoms with Crippen LogP contribution in [0, 0.1) is 3.57 Å². The molecule has 6 heteroatoms. The normalized spacial score (nSPS) is 11.7. The lowest BCUT2D eigenvalue weighted by Crippen LogP contribution is -2.43. The van der Waals surface area contributed by atoms with Crippen molar-refractivity contribution in [1.29, 1.82) is 0 Å². The summed E-state index contributed by atoms with van der Waals surface area (Å²) < 4.78 is 6.35. The molecular weight excluding hydrogens is 421 g/mol. The standard InChI is InChI=1S/C18H18INO4/c19-15-8-4-7-14(9-15)10-16(18(22)23)20-17(21)12-24-11-13-5-2-1-3-6-13/h1-9,16H,10-12H2,(H,20,21)(H,22,23)/t16-/m1/s1. The number of nitrogens with one attached hydrogen (secondary N) is 1. The van der Waals surface area contributed by atoms with Crippen molar-refractivity contribution < 1.29 is 19.4 Å². The quantitative estimate of drug-likeness (QED) is 0.621. The molecule has 1 amide bonds. The van der Waals surface area contributed by atoms with Crippen LogP contribution in [0.5, 0.6) is 0 Å². The molecule has 0 saturated heterocycles. The van der Waals surface area contributed by atoms with E-state index in [2.05, 4.69) is 27.9 Å². The van der Waals surface area contributed by atoms with Crippen molar-refractivity contribution in [3.05, 3.63) is 69.3 Å². The number of rotatable bonds is 8. The van der Waals surface area contributed by atoms with Crippen LogP contribution in [-0.4, -0.2) is 29.6 Å². The first kappa shape index (κ1) is 18.4. The summed E-state index contributed by atoms with van der Waals surface area (Å²) in [5.41, 5.74) is 1.82. The first-order chi connectivity index (χ1) is 11.5. The lowest BCUT2D eigenvalue weighted by Gasteiger charge is -2.15. The van der Waals surface area contributed by atoms with Gasteiger partial charge in [0, 0.05) is 9.99 Å². The summed E-state index contributed by atoms with van der Waals surface area (Å²) in [6.07, 6.45) is 0.233. The fourth-order valence-corrected chi connectivity index (χ4v) is 2.78. The third-order valence-corrected chi connectivity index (χ3v) is 3.98. The van der Waals surface area contributed by atoms with E-state index in [1.165, 1.54) is 0 Å². The smallest absolute Gasteiger partial charge is 0.326 e. The van der Waals surface area contributed by atoms with Gasteiger partial charge in [0.25, 0.3) is 0 Å². The molecule has 2 aromatic carbocycles. The van der Waals surface area contributed by atoms with Crippen LogP contribution in [0.4, 0.5) is 0 Å². The van der Waals surface area contributed by atoms with Gasteiger partial charge in [-0.15, -0.1) is 0 Å². The minimum absolute atomic E-state index is 0.176. The van der Waals surface area contributed by atoms with Gasteiger partial charge >= 0.3 is 5.97 Å². The molecule has 0 fully saturated rings. The number of hydrogen-bond donors (Lipinski definition) is 2. The summed E-state index contributed by atoms with van der Waals surface area (Å²) in [5, 5.41) is 11.8. The summed E-state index contributed by atoms with van der Waals surface area (Å²) >= 11 is 2.16. The Morgan fingerprint density at radius 3 is 2.46 bits per heavy atom. The fourth-order valence-electron chi connectivity index (χ4n) is 2.17. The van der Waals surface area contributed by atoms with Crippen molar-refractivity contribution >= 4 is 34.5 Å². The number of aliphatic carboxylic acids is 1. The van der Waals surface area contributed by atoms with Crippen molar-refractivity contribution in [1.82, 2.24) is 5.32 Å². The van der Waals surface area contributed by atoms with Crippen molar-refractivity contribution in [2.75, 3.05) is 6.61 Å². The van der Waals surface area contributed by atoms with Crippen LogP contribution >= 0.6 is 22.6 Å². The molecule has 0 aliphatic heterocycles. The van der Waals surface area contributed by atoms with E-state index < -0.39 is 17.9 Å². The molecule has 2 rings (SSSR count). The average molecular weight is 439 g/mol. The van der Waals surface area contributed by atoms with E-state index in [9.17, 15) is 14.7 Å². The minimum Gasteiger partial charge on any atom is -0.480 e. The molecule has 2 aromatic rings. The largest absolute Gasteiger partial charge is 0.480 e. The zero-order valence-corrected chi connectivity index (χ0v) is 15.1. The summed E-state index contributed by atoms with van der Waals surface area (Å²) in [4.78, 5) is 23.3. The lowest BCUT2D eigenvalue weighted by atomic mass is 10.1. The Bertz CT molecular complexity index is 690. The second kappa shape index (κ2) is 9.39. The molecule has 0 heterocycles. The van der Waals surface area contributed by atoms with E-state index in [1.807, 2.05) is 54.6 Å². The van der Waals surface area contributed by atoms with Crippen LogP contribution < -0.4 is 5.32 Å². The highest BCUT2D eigenvalue weighted by Crippen LogP contribution is 2.10. The Morgan fingerprint density at radius 1 is 1.08 bits per heavy atom. The van der Waals surface area contributed by atoms with Gasteiger partial charge in [0.15, 0.2) is 0 Å². The number of carboxylic acid groups (broad SMARTS) is 1. The highest BCUT2D eigenvalue weighted by Gasteiger charge is 2.20. The molecule has 0 aliphatic rings. The van der Waals surface area contributed by atoms with E-state index in [0.29, 0.717) is 6.61 Å². The third kappa shape index (κ3) is 6.29. The number of amides is 1. The monoisotopic (exact) mass is 439 g/mol. The van der Waals surface area contributed by atoms with Gasteiger partial charge in [-0.3, -0.25) is 4.79 Å². The molecule has 0 aromatic heterocycles. The maximum atomic E-state index is 11.9. The van der Waals surface area contributed by atoms with Crippen LogP contribution in [0.1, 0.15) is 11.1 Å². The average Bonchev–Trinajstić information content (AvgIpc) is 2.55. The number of benzene rings is 2. The molecule has 0 bridgehead atoms. The molecular formula is C18H18INO4. The maximum Gasteiger partial charge on any atom is 0.326 e. The Morgan fingerprint density at radius 2 is 1.79 bits per heavy atom. The van der Waals surface area contributed by atoms with Crippen molar-refractivity contribution in [3.63, 3.8) is 0 Å². The van der Waals surface area contributed by atoms with E-state index in [1.54, 1.807) is 0 Å². The summed E-state index contributed by atoms with van der Waals surface area (Å²) in [6.45, 7) is 0.133. The SMILES string of the molecule is O=C(COCc1ccccc1)N[C@H](Cc1cccc(I)c1)C(=O)O. The lowest BCUT2D eigenvalue weighted by molar-refractivity contribution is -0.142. The zero-order valence-electron chi connectivity index (χ0n) is 12.9. The molecule has 0 radical (unpaired) electrons. The Kier molecular flexibility index (Phi) is 7.20. The van der Waals surface area contributed by atoms with Crippen LogP contribution in [0.3, 0.4) is 0 Å². The Labute approximate surface area is 154 Å². The Hall–Kier alpha value is -1.93. The number of ether oxygens (including phenoxy) is 1. The van der Waals surface area contributed by atoms with Crippen LogP contribution in [0.2, 0.25) is 0 Å². The van der Waals surface area contributed by atoms with E-state index in [-0.39, 0.29) is 13.0 Å². The first-order valence-electron chi connectivity index (χ1n) is 7.43. The summed E-state index contributed by atoms with van der Waals surface area (Å²) in [5.74, 6) is -1.51. The van der Waals surface area contributed by atoms with Crippen molar-refractivity contribution in [2.24, 2.45) is 0 Å². The van der Waals surface area contributed by atoms with E-state index >= 15 is 0 Å². The number of carboxylic acids is 1. The van der Waals surface area contributed by atoms with Gasteiger partial charge in [0.2, 0.25) is 5.91 Å². The molecule has 5 nitrogen and oxygen atoms in total. The molecule has 0 saturated carbocycles. The van der Waals surface area contributed by atoms with Crippen molar-refractivity contribution in [2.45, 2.75) is 19.1 Å². The molecule has 1 atom stereocenters. The Balaban J connectivity index is 1.83. The predicted molar refractivity (Wildman–Crippen MR) is 98.5 cm³/mol. The fraction of sp³-hybridized carbons (Fsp3) is 0.222. The van der Waals surface area contributed by atoms with Crippen LogP contribution in [0.25, 0.3) is 0 Å². The maximum absolute atomic E-state index is 11.9. The molecule has 0 aliphatic carbocycles.